The minimum atomic E-state index is -0.592. The van der Waals surface area contributed by atoms with Crippen molar-refractivity contribution in [2.24, 2.45) is 5.92 Å². The molecule has 2 atom stereocenters. The van der Waals surface area contributed by atoms with Gasteiger partial charge in [-0.15, -0.1) is 0 Å². The molecule has 0 aromatic heterocycles. The Morgan fingerprint density at radius 2 is 1.89 bits per heavy atom. The fraction of sp³-hybridized carbons (Fsp3) is 0.571. The number of hydrogen-bond donors (Lipinski definition) is 1. The van der Waals surface area contributed by atoms with Gasteiger partial charge < -0.3 is 19.3 Å². The van der Waals surface area contributed by atoms with Gasteiger partial charge in [-0.1, -0.05) is 6.92 Å². The summed E-state index contributed by atoms with van der Waals surface area (Å²) in [5, 5.41) is 10.4. The summed E-state index contributed by atoms with van der Waals surface area (Å²) in [6.45, 7) is 2.62. The van der Waals surface area contributed by atoms with Crippen LogP contribution in [0.5, 0.6) is 11.5 Å². The van der Waals surface area contributed by atoms with Crippen molar-refractivity contribution < 1.29 is 19.3 Å². The first-order chi connectivity index (χ1) is 8.63. The molecule has 0 radical (unpaired) electrons. The van der Waals surface area contributed by atoms with Crippen molar-refractivity contribution in [1.82, 2.24) is 0 Å². The number of aliphatic hydroxyl groups excluding tert-OH is 1. The molecular weight excluding hydrogens is 232 g/mol. The molecule has 1 aromatic rings. The van der Waals surface area contributed by atoms with Crippen LogP contribution in [0.25, 0.3) is 0 Å². The van der Waals surface area contributed by atoms with Crippen molar-refractivity contribution >= 4 is 0 Å². The molecule has 102 valence electrons. The highest BCUT2D eigenvalue weighted by molar-refractivity contribution is 5.41. The molecule has 0 spiro atoms. The molecule has 18 heavy (non-hydrogen) atoms. The largest absolute Gasteiger partial charge is 0.497 e. The van der Waals surface area contributed by atoms with E-state index in [0.29, 0.717) is 18.1 Å². The predicted octanol–water partition coefficient (Wildman–Crippen LogP) is 2.41. The SMILES string of the molecule is COCCC(C)C(O)c1cc(OC)ccc1OC. The third-order valence-electron chi connectivity index (χ3n) is 3.07. The summed E-state index contributed by atoms with van der Waals surface area (Å²) in [6, 6.07) is 5.43. The van der Waals surface area contributed by atoms with Gasteiger partial charge in [-0.2, -0.15) is 0 Å². The van der Waals surface area contributed by atoms with E-state index in [1.54, 1.807) is 27.4 Å². The fourth-order valence-corrected chi connectivity index (χ4v) is 1.84. The fourth-order valence-electron chi connectivity index (χ4n) is 1.84. The van der Waals surface area contributed by atoms with Gasteiger partial charge in [0.25, 0.3) is 0 Å². The number of rotatable bonds is 7. The van der Waals surface area contributed by atoms with E-state index in [2.05, 4.69) is 0 Å². The number of aliphatic hydroxyl groups is 1. The van der Waals surface area contributed by atoms with Crippen molar-refractivity contribution in [2.75, 3.05) is 27.9 Å². The second-order valence-corrected chi connectivity index (χ2v) is 4.31. The predicted molar refractivity (Wildman–Crippen MR) is 70.2 cm³/mol. The summed E-state index contributed by atoms with van der Waals surface area (Å²) < 4.78 is 15.5. The van der Waals surface area contributed by atoms with E-state index in [0.717, 1.165) is 12.0 Å². The van der Waals surface area contributed by atoms with E-state index < -0.39 is 6.10 Å². The Morgan fingerprint density at radius 1 is 1.17 bits per heavy atom. The molecule has 4 heteroatoms. The van der Waals surface area contributed by atoms with Crippen molar-refractivity contribution in [1.29, 1.82) is 0 Å². The highest BCUT2D eigenvalue weighted by Gasteiger charge is 2.20. The Morgan fingerprint density at radius 3 is 2.44 bits per heavy atom. The van der Waals surface area contributed by atoms with Crippen LogP contribution in [-0.2, 0) is 4.74 Å². The summed E-state index contributed by atoms with van der Waals surface area (Å²) in [5.41, 5.74) is 0.750. The molecule has 2 unspecified atom stereocenters. The first-order valence-corrected chi connectivity index (χ1v) is 6.03. The van der Waals surface area contributed by atoms with E-state index in [4.69, 9.17) is 14.2 Å². The Labute approximate surface area is 108 Å². The van der Waals surface area contributed by atoms with Crippen LogP contribution in [0, 0.1) is 5.92 Å². The lowest BCUT2D eigenvalue weighted by atomic mass is 9.94. The molecule has 0 aliphatic rings. The average molecular weight is 254 g/mol. The Bertz CT molecular complexity index is 365. The minimum Gasteiger partial charge on any atom is -0.497 e. The van der Waals surface area contributed by atoms with Crippen molar-refractivity contribution in [2.45, 2.75) is 19.4 Å². The number of methoxy groups -OCH3 is 3. The van der Waals surface area contributed by atoms with Crippen LogP contribution < -0.4 is 9.47 Å². The first kappa shape index (κ1) is 14.8. The molecule has 1 rings (SSSR count). The summed E-state index contributed by atoms with van der Waals surface area (Å²) in [5.74, 6) is 1.47. The number of benzene rings is 1. The highest BCUT2D eigenvalue weighted by atomic mass is 16.5. The third-order valence-corrected chi connectivity index (χ3v) is 3.07. The molecule has 0 saturated carbocycles. The van der Waals surface area contributed by atoms with Crippen LogP contribution in [0.3, 0.4) is 0 Å². The highest BCUT2D eigenvalue weighted by Crippen LogP contribution is 2.34. The van der Waals surface area contributed by atoms with E-state index >= 15 is 0 Å². The summed E-state index contributed by atoms with van der Waals surface area (Å²) in [7, 11) is 4.86. The smallest absolute Gasteiger partial charge is 0.124 e. The zero-order chi connectivity index (χ0) is 13.5. The van der Waals surface area contributed by atoms with Gasteiger partial charge in [-0.3, -0.25) is 0 Å². The molecule has 0 amide bonds. The molecular formula is C14H22O4. The number of hydrogen-bond acceptors (Lipinski definition) is 4. The van der Waals surface area contributed by atoms with E-state index in [1.165, 1.54) is 0 Å². The van der Waals surface area contributed by atoms with Crippen molar-refractivity contribution in [3.63, 3.8) is 0 Å². The maximum atomic E-state index is 10.4. The monoisotopic (exact) mass is 254 g/mol. The van der Waals surface area contributed by atoms with Crippen molar-refractivity contribution in [3.05, 3.63) is 23.8 Å². The second kappa shape index (κ2) is 7.24. The Balaban J connectivity index is 2.91. The summed E-state index contributed by atoms with van der Waals surface area (Å²) >= 11 is 0. The second-order valence-electron chi connectivity index (χ2n) is 4.31. The normalized spacial score (nSPS) is 14.1. The lowest BCUT2D eigenvalue weighted by Gasteiger charge is -2.21. The molecule has 0 aliphatic heterocycles. The standard InChI is InChI=1S/C14H22O4/c1-10(7-8-16-2)14(15)12-9-11(17-3)5-6-13(12)18-4/h5-6,9-10,14-15H,7-8H2,1-4H3. The van der Waals surface area contributed by atoms with Crippen molar-refractivity contribution in [3.8, 4) is 11.5 Å². The minimum absolute atomic E-state index is 0.0888. The molecule has 4 nitrogen and oxygen atoms in total. The molecule has 0 heterocycles. The topological polar surface area (TPSA) is 47.9 Å². The van der Waals surface area contributed by atoms with Gasteiger partial charge in [0.2, 0.25) is 0 Å². The zero-order valence-electron chi connectivity index (χ0n) is 11.5. The van der Waals surface area contributed by atoms with Gasteiger partial charge in [0, 0.05) is 19.3 Å². The van der Waals surface area contributed by atoms with E-state index in [-0.39, 0.29) is 5.92 Å². The van der Waals surface area contributed by atoms with Gasteiger partial charge in [0.1, 0.15) is 11.5 Å². The first-order valence-electron chi connectivity index (χ1n) is 6.03. The quantitative estimate of drug-likeness (QED) is 0.811. The van der Waals surface area contributed by atoms with Crippen LogP contribution in [0.15, 0.2) is 18.2 Å². The lowest BCUT2D eigenvalue weighted by Crippen LogP contribution is -2.12. The lowest BCUT2D eigenvalue weighted by molar-refractivity contribution is 0.0864. The number of ether oxygens (including phenoxy) is 3. The summed E-state index contributed by atoms with van der Waals surface area (Å²) in [4.78, 5) is 0. The average Bonchev–Trinajstić information content (AvgIpc) is 2.43. The van der Waals surface area contributed by atoms with E-state index in [1.807, 2.05) is 19.1 Å². The maximum Gasteiger partial charge on any atom is 0.124 e. The van der Waals surface area contributed by atoms with Crippen LogP contribution in [-0.4, -0.2) is 33.0 Å². The van der Waals surface area contributed by atoms with Crippen LogP contribution >= 0.6 is 0 Å². The Kier molecular flexibility index (Phi) is 5.95. The van der Waals surface area contributed by atoms with Crippen LogP contribution in [0.1, 0.15) is 25.0 Å². The van der Waals surface area contributed by atoms with Gasteiger partial charge >= 0.3 is 0 Å². The molecule has 0 fully saturated rings. The molecule has 1 aromatic carbocycles. The molecule has 0 bridgehead atoms. The van der Waals surface area contributed by atoms with Gasteiger partial charge in [-0.05, 0) is 30.5 Å². The summed E-state index contributed by atoms with van der Waals surface area (Å²) in [6.07, 6.45) is 0.197. The van der Waals surface area contributed by atoms with Gasteiger partial charge in [0.15, 0.2) is 0 Å². The van der Waals surface area contributed by atoms with Gasteiger partial charge in [-0.25, -0.2) is 0 Å². The van der Waals surface area contributed by atoms with E-state index in [9.17, 15) is 5.11 Å². The molecule has 0 saturated heterocycles. The third kappa shape index (κ3) is 3.62. The Hall–Kier alpha value is -1.26. The van der Waals surface area contributed by atoms with Crippen LogP contribution in [0.2, 0.25) is 0 Å². The zero-order valence-corrected chi connectivity index (χ0v) is 11.5. The van der Waals surface area contributed by atoms with Gasteiger partial charge in [0.05, 0.1) is 20.3 Å². The van der Waals surface area contributed by atoms with Crippen LogP contribution in [0.4, 0.5) is 0 Å². The molecule has 0 aliphatic carbocycles. The maximum absolute atomic E-state index is 10.4. The molecule has 1 N–H and O–H groups in total.